The normalized spacial score (nSPS) is 31.1. The van der Waals surface area contributed by atoms with E-state index >= 15 is 0 Å². The van der Waals surface area contributed by atoms with E-state index in [1.807, 2.05) is 6.07 Å². The number of nitrogens with zero attached hydrogens (tertiary/aromatic N) is 1. The average Bonchev–Trinajstić information content (AvgIpc) is 2.75. The topological polar surface area (TPSA) is 46.3 Å². The Hall–Kier alpha value is -1.35. The predicted molar refractivity (Wildman–Crippen MR) is 75.6 cm³/mol. The smallest absolute Gasteiger partial charge is 0.239 e. The summed E-state index contributed by atoms with van der Waals surface area (Å²) in [7, 11) is 0. The number of hydrogen-bond acceptors (Lipinski definition) is 2. The maximum absolute atomic E-state index is 12.4. The second-order valence-electron chi connectivity index (χ2n) is 5.86. The van der Waals surface area contributed by atoms with Crippen molar-refractivity contribution in [3.63, 3.8) is 0 Å². The SMILES string of the molecule is N[C@H]1CCC[C@H]2CC[C@@H](Cc3ccccc3)N2C1=O. The van der Waals surface area contributed by atoms with Crippen LogP contribution in [0.15, 0.2) is 30.3 Å². The molecule has 3 heteroatoms. The van der Waals surface area contributed by atoms with E-state index in [1.54, 1.807) is 0 Å². The average molecular weight is 258 g/mol. The van der Waals surface area contributed by atoms with Gasteiger partial charge in [0.05, 0.1) is 6.04 Å². The Kier molecular flexibility index (Phi) is 3.56. The van der Waals surface area contributed by atoms with Crippen molar-refractivity contribution in [1.29, 1.82) is 0 Å². The fourth-order valence-corrected chi connectivity index (χ4v) is 3.58. The van der Waals surface area contributed by atoms with Gasteiger partial charge in [-0.1, -0.05) is 30.3 Å². The highest BCUT2D eigenvalue weighted by Crippen LogP contribution is 2.32. The zero-order valence-corrected chi connectivity index (χ0v) is 11.3. The molecular weight excluding hydrogens is 236 g/mol. The van der Waals surface area contributed by atoms with Crippen LogP contribution in [0.4, 0.5) is 0 Å². The monoisotopic (exact) mass is 258 g/mol. The summed E-state index contributed by atoms with van der Waals surface area (Å²) in [6.45, 7) is 0. The van der Waals surface area contributed by atoms with Crippen molar-refractivity contribution in [1.82, 2.24) is 4.90 Å². The lowest BCUT2D eigenvalue weighted by Gasteiger charge is -2.30. The minimum atomic E-state index is -0.277. The van der Waals surface area contributed by atoms with E-state index in [1.165, 1.54) is 5.56 Å². The minimum Gasteiger partial charge on any atom is -0.335 e. The molecule has 1 aromatic carbocycles. The number of rotatable bonds is 2. The lowest BCUT2D eigenvalue weighted by molar-refractivity contribution is -0.134. The van der Waals surface area contributed by atoms with E-state index in [-0.39, 0.29) is 11.9 Å². The van der Waals surface area contributed by atoms with E-state index in [4.69, 9.17) is 5.73 Å². The zero-order valence-electron chi connectivity index (χ0n) is 11.3. The number of carbonyl (C=O) groups excluding carboxylic acids is 1. The first-order valence-corrected chi connectivity index (χ1v) is 7.37. The number of nitrogens with two attached hydrogens (primary N) is 1. The number of amides is 1. The van der Waals surface area contributed by atoms with Gasteiger partial charge in [-0.25, -0.2) is 0 Å². The van der Waals surface area contributed by atoms with Crippen molar-refractivity contribution < 1.29 is 4.79 Å². The van der Waals surface area contributed by atoms with Gasteiger partial charge in [-0.15, -0.1) is 0 Å². The summed E-state index contributed by atoms with van der Waals surface area (Å²) < 4.78 is 0. The summed E-state index contributed by atoms with van der Waals surface area (Å²) in [5, 5.41) is 0. The van der Waals surface area contributed by atoms with Gasteiger partial charge in [0.2, 0.25) is 5.91 Å². The van der Waals surface area contributed by atoms with Crippen LogP contribution in [0, 0.1) is 0 Å². The fraction of sp³-hybridized carbons (Fsp3) is 0.562. The van der Waals surface area contributed by atoms with Crippen molar-refractivity contribution in [3.05, 3.63) is 35.9 Å². The van der Waals surface area contributed by atoms with Crippen LogP contribution in [-0.4, -0.2) is 28.9 Å². The minimum absolute atomic E-state index is 0.181. The van der Waals surface area contributed by atoms with Crippen LogP contribution in [0.1, 0.15) is 37.7 Å². The molecule has 1 amide bonds. The van der Waals surface area contributed by atoms with E-state index < -0.39 is 0 Å². The van der Waals surface area contributed by atoms with Crippen LogP contribution < -0.4 is 5.73 Å². The molecule has 0 bridgehead atoms. The molecule has 0 aliphatic carbocycles. The van der Waals surface area contributed by atoms with E-state index in [9.17, 15) is 4.79 Å². The van der Waals surface area contributed by atoms with Crippen LogP contribution in [-0.2, 0) is 11.2 Å². The van der Waals surface area contributed by atoms with Crippen molar-refractivity contribution >= 4 is 5.91 Å². The van der Waals surface area contributed by atoms with E-state index in [0.717, 1.165) is 38.5 Å². The zero-order chi connectivity index (χ0) is 13.2. The van der Waals surface area contributed by atoms with Crippen molar-refractivity contribution in [2.45, 2.75) is 56.7 Å². The van der Waals surface area contributed by atoms with Crippen molar-refractivity contribution in [2.75, 3.05) is 0 Å². The highest BCUT2D eigenvalue weighted by molar-refractivity contribution is 5.82. The molecule has 3 nitrogen and oxygen atoms in total. The van der Waals surface area contributed by atoms with Gasteiger partial charge in [0.15, 0.2) is 0 Å². The van der Waals surface area contributed by atoms with E-state index in [2.05, 4.69) is 29.2 Å². The largest absolute Gasteiger partial charge is 0.335 e. The standard InChI is InChI=1S/C16H22N2O/c17-15-8-4-7-13-9-10-14(18(13)16(15)19)11-12-5-2-1-3-6-12/h1-3,5-6,13-15H,4,7-11,17H2/t13-,14-,15-/m0/s1. The van der Waals surface area contributed by atoms with Gasteiger partial charge in [-0.05, 0) is 44.1 Å². The first-order chi connectivity index (χ1) is 9.25. The molecule has 0 aromatic heterocycles. The van der Waals surface area contributed by atoms with Crippen LogP contribution >= 0.6 is 0 Å². The summed E-state index contributed by atoms with van der Waals surface area (Å²) in [5.41, 5.74) is 7.32. The molecule has 2 heterocycles. The Bertz CT molecular complexity index is 445. The van der Waals surface area contributed by atoms with Crippen LogP contribution in [0.3, 0.4) is 0 Å². The molecule has 2 aliphatic heterocycles. The maximum Gasteiger partial charge on any atom is 0.239 e. The summed E-state index contributed by atoms with van der Waals surface area (Å²) >= 11 is 0. The molecule has 0 spiro atoms. The van der Waals surface area contributed by atoms with Gasteiger partial charge >= 0.3 is 0 Å². The number of carbonyl (C=O) groups is 1. The Morgan fingerprint density at radius 3 is 2.68 bits per heavy atom. The Labute approximate surface area is 114 Å². The van der Waals surface area contributed by atoms with Gasteiger partial charge < -0.3 is 10.6 Å². The molecule has 0 saturated carbocycles. The number of fused-ring (bicyclic) bond motifs is 1. The van der Waals surface area contributed by atoms with Crippen LogP contribution in [0.5, 0.6) is 0 Å². The van der Waals surface area contributed by atoms with E-state index in [0.29, 0.717) is 12.1 Å². The lowest BCUT2D eigenvalue weighted by atomic mass is 10.0. The Morgan fingerprint density at radius 2 is 1.89 bits per heavy atom. The third-order valence-electron chi connectivity index (χ3n) is 4.56. The predicted octanol–water partition coefficient (Wildman–Crippen LogP) is 2.10. The highest BCUT2D eigenvalue weighted by Gasteiger charge is 2.39. The molecule has 1 aromatic rings. The molecule has 2 saturated heterocycles. The van der Waals surface area contributed by atoms with Crippen LogP contribution in [0.25, 0.3) is 0 Å². The molecular formula is C16H22N2O. The quantitative estimate of drug-likeness (QED) is 0.883. The first-order valence-electron chi connectivity index (χ1n) is 7.37. The molecule has 0 unspecified atom stereocenters. The molecule has 3 rings (SSSR count). The van der Waals surface area contributed by atoms with Gasteiger partial charge in [0.25, 0.3) is 0 Å². The summed E-state index contributed by atoms with van der Waals surface area (Å²) in [5.74, 6) is 0.181. The second kappa shape index (κ2) is 5.33. The van der Waals surface area contributed by atoms with Gasteiger partial charge in [-0.2, -0.15) is 0 Å². The highest BCUT2D eigenvalue weighted by atomic mass is 16.2. The summed E-state index contributed by atoms with van der Waals surface area (Å²) in [6.07, 6.45) is 6.31. The second-order valence-corrected chi connectivity index (χ2v) is 5.86. The van der Waals surface area contributed by atoms with Crippen molar-refractivity contribution in [2.24, 2.45) is 5.73 Å². The molecule has 0 radical (unpaired) electrons. The Morgan fingerprint density at radius 1 is 1.11 bits per heavy atom. The van der Waals surface area contributed by atoms with Gasteiger partial charge in [-0.3, -0.25) is 4.79 Å². The molecule has 19 heavy (non-hydrogen) atoms. The third-order valence-corrected chi connectivity index (χ3v) is 4.56. The fourth-order valence-electron chi connectivity index (χ4n) is 3.58. The van der Waals surface area contributed by atoms with Crippen molar-refractivity contribution in [3.8, 4) is 0 Å². The molecule has 102 valence electrons. The van der Waals surface area contributed by atoms with Crippen LogP contribution in [0.2, 0.25) is 0 Å². The Balaban J connectivity index is 1.77. The molecule has 3 atom stereocenters. The lowest BCUT2D eigenvalue weighted by Crippen LogP contribution is -2.48. The summed E-state index contributed by atoms with van der Waals surface area (Å²) in [6, 6.07) is 11.0. The number of benzene rings is 1. The maximum atomic E-state index is 12.4. The van der Waals surface area contributed by atoms with Gasteiger partial charge in [0, 0.05) is 12.1 Å². The molecule has 2 fully saturated rings. The summed E-state index contributed by atoms with van der Waals surface area (Å²) in [4.78, 5) is 14.5. The third kappa shape index (κ3) is 2.52. The van der Waals surface area contributed by atoms with Gasteiger partial charge in [0.1, 0.15) is 0 Å². The molecule has 2 aliphatic rings. The first kappa shape index (κ1) is 12.7. The molecule has 2 N–H and O–H groups in total. The number of hydrogen-bond donors (Lipinski definition) is 1.